The Morgan fingerprint density at radius 2 is 1.76 bits per heavy atom. The van der Waals surface area contributed by atoms with Gasteiger partial charge in [-0.05, 0) is 35.5 Å². The lowest BCUT2D eigenvalue weighted by Crippen LogP contribution is -2.09. The van der Waals surface area contributed by atoms with Crippen molar-refractivity contribution in [3.63, 3.8) is 0 Å². The molecule has 1 N–H and O–H groups in total. The summed E-state index contributed by atoms with van der Waals surface area (Å²) in [5, 5.41) is 9.96. The number of hydrogen-bond donors (Lipinski definition) is 1. The number of nitrogens with zero attached hydrogens (tertiary/aromatic N) is 2. The number of aromatic carboxylic acids is 1. The summed E-state index contributed by atoms with van der Waals surface area (Å²) >= 11 is 7.52. The number of hydrogen-bond acceptors (Lipinski definition) is 10. The summed E-state index contributed by atoms with van der Waals surface area (Å²) in [6.45, 7) is 0. The highest BCUT2D eigenvalue weighted by Gasteiger charge is 2.41. The van der Waals surface area contributed by atoms with Crippen molar-refractivity contribution in [2.45, 2.75) is 15.7 Å². The minimum atomic E-state index is -3.82. The molecule has 10 nitrogen and oxygen atoms in total. The third-order valence-corrected chi connectivity index (χ3v) is 8.07. The van der Waals surface area contributed by atoms with E-state index in [9.17, 15) is 14.5 Å². The molecule has 0 aliphatic rings. The Bertz CT molecular complexity index is 1160. The number of carboxylic acid groups (broad SMARTS) is 1. The molecule has 0 aliphatic carbocycles. The number of halogens is 1. The largest absolute Gasteiger partial charge is 0.481 e. The lowest BCUT2D eigenvalue weighted by atomic mass is 10.1. The molecule has 1 atom stereocenters. The van der Waals surface area contributed by atoms with Crippen molar-refractivity contribution < 1.29 is 37.4 Å². The first-order chi connectivity index (χ1) is 15.8. The van der Waals surface area contributed by atoms with E-state index in [1.165, 1.54) is 52.9 Å². The van der Waals surface area contributed by atoms with Crippen LogP contribution in [0.5, 0.6) is 11.8 Å². The number of aromatic nitrogens is 2. The van der Waals surface area contributed by atoms with Crippen molar-refractivity contribution in [2.24, 2.45) is 0 Å². The van der Waals surface area contributed by atoms with Gasteiger partial charge in [0, 0.05) is 19.1 Å². The van der Waals surface area contributed by atoms with Gasteiger partial charge in [-0.2, -0.15) is 9.97 Å². The summed E-state index contributed by atoms with van der Waals surface area (Å²) in [4.78, 5) is 20.8. The average Bonchev–Trinajstić information content (AvgIpc) is 3.34. The Balaban J connectivity index is 2.15. The van der Waals surface area contributed by atoms with E-state index in [4.69, 9.17) is 34.5 Å². The smallest absolute Gasteiger partial charge is 0.345 e. The van der Waals surface area contributed by atoms with Crippen molar-refractivity contribution in [3.8, 4) is 11.8 Å². The van der Waals surface area contributed by atoms with Crippen LogP contribution in [0.3, 0.4) is 0 Å². The van der Waals surface area contributed by atoms with Crippen LogP contribution in [0.25, 0.3) is 0 Å². The fourth-order valence-electron chi connectivity index (χ4n) is 3.02. The van der Waals surface area contributed by atoms with Crippen LogP contribution in [-0.4, -0.2) is 49.5 Å². The second-order valence-electron chi connectivity index (χ2n) is 6.31. The summed E-state index contributed by atoms with van der Waals surface area (Å²) in [5.74, 6) is -0.588. The summed E-state index contributed by atoms with van der Waals surface area (Å²) in [5.41, 5.74) is -1.13. The number of methoxy groups -OCH3 is 2. The molecule has 1 aromatic carbocycles. The average molecular weight is 515 g/mol. The topological polar surface area (TPSA) is 130 Å². The quantitative estimate of drug-likeness (QED) is 0.284. The van der Waals surface area contributed by atoms with Crippen LogP contribution in [-0.2, 0) is 13.6 Å². The monoisotopic (exact) mass is 514 g/mol. The summed E-state index contributed by atoms with van der Waals surface area (Å²) in [6, 6.07) is 7.70. The molecule has 13 heteroatoms. The predicted octanol–water partition coefficient (Wildman–Crippen LogP) is 5.16. The Morgan fingerprint density at radius 3 is 2.24 bits per heavy atom. The molecular formula is C20H20ClN2O8PS. The normalized spacial score (nSPS) is 12.4. The summed E-state index contributed by atoms with van der Waals surface area (Å²) in [6.07, 6.45) is 1.39. The zero-order valence-corrected chi connectivity index (χ0v) is 20.4. The van der Waals surface area contributed by atoms with Gasteiger partial charge in [0.2, 0.25) is 11.8 Å². The van der Waals surface area contributed by atoms with E-state index < -0.39 is 19.2 Å². The predicted molar refractivity (Wildman–Crippen MR) is 120 cm³/mol. The molecule has 2 heterocycles. The maximum Gasteiger partial charge on any atom is 0.345 e. The molecule has 0 bridgehead atoms. The molecule has 1 unspecified atom stereocenters. The summed E-state index contributed by atoms with van der Waals surface area (Å²) < 4.78 is 39.4. The van der Waals surface area contributed by atoms with E-state index in [0.717, 1.165) is 11.8 Å². The van der Waals surface area contributed by atoms with Crippen LogP contribution >= 0.6 is 31.0 Å². The highest BCUT2D eigenvalue weighted by atomic mass is 35.5. The van der Waals surface area contributed by atoms with Crippen LogP contribution in [0.1, 0.15) is 27.3 Å². The summed E-state index contributed by atoms with van der Waals surface area (Å²) in [7, 11) is 1.50. The SMILES string of the molecule is COc1cc(OC)nc(Sc2ccc(C(c3ccco3)P(=O)(OC)OC)c(Cl)c2C(=O)O)n1. The maximum atomic E-state index is 13.3. The molecule has 3 rings (SSSR count). The van der Waals surface area contributed by atoms with Crippen LogP contribution in [0.2, 0.25) is 5.02 Å². The zero-order chi connectivity index (χ0) is 24.2. The standard InChI is InChI=1S/C20H20ClN2O8PS/c1-27-14-10-15(28-2)23-20(22-14)33-13-8-7-11(17(21)16(13)19(24)25)18(12-6-5-9-31-12)32(26,29-3)30-4/h5-10,18H,1-4H3,(H,24,25). The number of carbonyl (C=O) groups is 1. The van der Waals surface area contributed by atoms with E-state index in [0.29, 0.717) is 0 Å². The van der Waals surface area contributed by atoms with Crippen LogP contribution in [0, 0.1) is 0 Å². The lowest BCUT2D eigenvalue weighted by molar-refractivity contribution is 0.0693. The van der Waals surface area contributed by atoms with Gasteiger partial charge < -0.3 is 28.0 Å². The van der Waals surface area contributed by atoms with Crippen molar-refractivity contribution in [1.82, 2.24) is 9.97 Å². The van der Waals surface area contributed by atoms with Crippen LogP contribution < -0.4 is 9.47 Å². The third kappa shape index (κ3) is 5.18. The van der Waals surface area contributed by atoms with E-state index in [1.54, 1.807) is 12.1 Å². The third-order valence-electron chi connectivity index (χ3n) is 4.56. The molecule has 0 fully saturated rings. The highest BCUT2D eigenvalue weighted by molar-refractivity contribution is 7.99. The van der Waals surface area contributed by atoms with Crippen molar-refractivity contribution in [2.75, 3.05) is 28.4 Å². The number of rotatable bonds is 10. The Morgan fingerprint density at radius 1 is 1.12 bits per heavy atom. The van der Waals surface area contributed by atoms with E-state index in [2.05, 4.69) is 9.97 Å². The van der Waals surface area contributed by atoms with Gasteiger partial charge in [-0.25, -0.2) is 4.79 Å². The number of furan rings is 1. The Hall–Kier alpha value is -2.56. The minimum Gasteiger partial charge on any atom is -0.481 e. The molecule has 0 saturated heterocycles. The molecule has 0 radical (unpaired) electrons. The van der Waals surface area contributed by atoms with Gasteiger partial charge in [-0.15, -0.1) is 0 Å². The number of benzene rings is 1. The first kappa shape index (κ1) is 25.1. The van der Waals surface area contributed by atoms with Crippen molar-refractivity contribution in [3.05, 3.63) is 58.5 Å². The fourth-order valence-corrected chi connectivity index (χ4v) is 5.99. The van der Waals surface area contributed by atoms with Crippen molar-refractivity contribution >= 4 is 36.9 Å². The second-order valence-corrected chi connectivity index (χ2v) is 10.0. The number of carboxylic acids is 1. The highest BCUT2D eigenvalue weighted by Crippen LogP contribution is 2.64. The molecule has 2 aromatic heterocycles. The minimum absolute atomic E-state index is 0.155. The molecule has 33 heavy (non-hydrogen) atoms. The molecule has 0 spiro atoms. The molecule has 176 valence electrons. The van der Waals surface area contributed by atoms with Gasteiger partial charge in [0.25, 0.3) is 0 Å². The second kappa shape index (κ2) is 10.6. The van der Waals surface area contributed by atoms with Gasteiger partial charge in [0.15, 0.2) is 5.16 Å². The van der Waals surface area contributed by atoms with E-state index in [-0.39, 0.29) is 43.7 Å². The van der Waals surface area contributed by atoms with E-state index >= 15 is 0 Å². The van der Waals surface area contributed by atoms with Crippen molar-refractivity contribution in [1.29, 1.82) is 0 Å². The van der Waals surface area contributed by atoms with Gasteiger partial charge >= 0.3 is 13.6 Å². The maximum absolute atomic E-state index is 13.3. The van der Waals surface area contributed by atoms with Gasteiger partial charge in [-0.3, -0.25) is 4.57 Å². The molecule has 0 saturated carbocycles. The van der Waals surface area contributed by atoms with Gasteiger partial charge in [0.1, 0.15) is 11.4 Å². The van der Waals surface area contributed by atoms with Crippen LogP contribution in [0.4, 0.5) is 0 Å². The molecule has 0 aliphatic heterocycles. The Labute approximate surface area is 198 Å². The van der Waals surface area contributed by atoms with E-state index in [1.807, 2.05) is 0 Å². The van der Waals surface area contributed by atoms with Crippen LogP contribution in [0.15, 0.2) is 51.1 Å². The van der Waals surface area contributed by atoms with Gasteiger partial charge in [-0.1, -0.05) is 17.7 Å². The van der Waals surface area contributed by atoms with Gasteiger partial charge in [0.05, 0.1) is 37.1 Å². The number of ether oxygens (including phenoxy) is 2. The first-order valence-corrected chi connectivity index (χ1v) is 12.0. The molecular weight excluding hydrogens is 495 g/mol. The first-order valence-electron chi connectivity index (χ1n) is 9.23. The zero-order valence-electron chi connectivity index (χ0n) is 18.0. The Kier molecular flexibility index (Phi) is 8.04. The fraction of sp³-hybridized carbons (Fsp3) is 0.250. The molecule has 3 aromatic rings. The molecule has 0 amide bonds. The lowest BCUT2D eigenvalue weighted by Gasteiger charge is -2.24.